The van der Waals surface area contributed by atoms with Crippen LogP contribution in [0, 0.1) is 13.8 Å². The summed E-state index contributed by atoms with van der Waals surface area (Å²) >= 11 is 0. The quantitative estimate of drug-likeness (QED) is 0.818. The van der Waals surface area contributed by atoms with Crippen LogP contribution in [0.4, 0.5) is 0 Å². The zero-order chi connectivity index (χ0) is 16.2. The van der Waals surface area contributed by atoms with Gasteiger partial charge in [0.2, 0.25) is 5.91 Å². The van der Waals surface area contributed by atoms with Crippen molar-refractivity contribution in [2.75, 3.05) is 13.6 Å². The number of carbonyl (C=O) groups excluding carboxylic acids is 2. The van der Waals surface area contributed by atoms with Crippen LogP contribution in [0.1, 0.15) is 42.3 Å². The topological polar surface area (TPSA) is 49.4 Å². The second-order valence-electron chi connectivity index (χ2n) is 6.00. The van der Waals surface area contributed by atoms with Crippen LogP contribution in [0.25, 0.3) is 0 Å². The summed E-state index contributed by atoms with van der Waals surface area (Å²) in [6.45, 7) is 9.80. The summed E-state index contributed by atoms with van der Waals surface area (Å²) in [5.41, 5.74) is 2.77. The van der Waals surface area contributed by atoms with Gasteiger partial charge in [0.15, 0.2) is 5.78 Å². The van der Waals surface area contributed by atoms with Gasteiger partial charge in [0.05, 0.1) is 12.6 Å². The molecule has 0 aliphatic carbocycles. The molecule has 0 bridgehead atoms. The summed E-state index contributed by atoms with van der Waals surface area (Å²) < 4.78 is 0. The van der Waals surface area contributed by atoms with E-state index in [9.17, 15) is 9.59 Å². The number of likely N-dealkylation sites (N-methyl/N-ethyl adjacent to an activating group) is 1. The van der Waals surface area contributed by atoms with Crippen molar-refractivity contribution in [3.63, 3.8) is 0 Å². The molecule has 0 aliphatic rings. The summed E-state index contributed by atoms with van der Waals surface area (Å²) in [4.78, 5) is 26.2. The van der Waals surface area contributed by atoms with Crippen molar-refractivity contribution in [2.45, 2.75) is 46.7 Å². The van der Waals surface area contributed by atoms with Crippen molar-refractivity contribution in [1.82, 2.24) is 10.2 Å². The van der Waals surface area contributed by atoms with Gasteiger partial charge in [-0.25, -0.2) is 0 Å². The lowest BCUT2D eigenvalue weighted by Gasteiger charge is -2.24. The third kappa shape index (κ3) is 4.97. The molecule has 0 fully saturated rings. The molecule has 1 aromatic rings. The Morgan fingerprint density at radius 1 is 1.19 bits per heavy atom. The van der Waals surface area contributed by atoms with Crippen LogP contribution in [-0.4, -0.2) is 42.3 Å². The van der Waals surface area contributed by atoms with E-state index in [2.05, 4.69) is 5.32 Å². The summed E-state index contributed by atoms with van der Waals surface area (Å²) in [6.07, 6.45) is 0. The molecule has 1 unspecified atom stereocenters. The van der Waals surface area contributed by atoms with Crippen molar-refractivity contribution >= 4 is 11.7 Å². The van der Waals surface area contributed by atoms with Gasteiger partial charge in [-0.05, 0) is 53.3 Å². The maximum atomic E-state index is 12.6. The minimum absolute atomic E-state index is 0.0519. The molecule has 0 heterocycles. The van der Waals surface area contributed by atoms with Gasteiger partial charge < -0.3 is 5.32 Å². The number of carbonyl (C=O) groups is 2. The van der Waals surface area contributed by atoms with Crippen LogP contribution in [-0.2, 0) is 4.79 Å². The zero-order valence-electron chi connectivity index (χ0n) is 13.9. The molecule has 1 amide bonds. The lowest BCUT2D eigenvalue weighted by atomic mass is 9.98. The third-order valence-electron chi connectivity index (χ3n) is 3.54. The number of hydrogen-bond acceptors (Lipinski definition) is 3. The first-order chi connectivity index (χ1) is 9.72. The molecule has 0 saturated carbocycles. The van der Waals surface area contributed by atoms with Crippen LogP contribution in [0.5, 0.6) is 0 Å². The number of hydrogen-bond donors (Lipinski definition) is 1. The second kappa shape index (κ2) is 7.36. The van der Waals surface area contributed by atoms with Crippen molar-refractivity contribution in [1.29, 1.82) is 0 Å². The number of aryl methyl sites for hydroxylation is 2. The van der Waals surface area contributed by atoms with Gasteiger partial charge in [-0.2, -0.15) is 0 Å². The van der Waals surface area contributed by atoms with Crippen molar-refractivity contribution in [3.05, 3.63) is 34.9 Å². The molecule has 1 rings (SSSR count). The molecular weight excluding hydrogens is 264 g/mol. The van der Waals surface area contributed by atoms with E-state index < -0.39 is 0 Å². The molecule has 21 heavy (non-hydrogen) atoms. The van der Waals surface area contributed by atoms with Gasteiger partial charge in [0.25, 0.3) is 0 Å². The number of rotatable bonds is 6. The molecule has 1 aromatic carbocycles. The number of Topliss-reactive ketones (excluding diaryl/α,β-unsaturated/α-hetero) is 1. The first-order valence-electron chi connectivity index (χ1n) is 7.33. The summed E-state index contributed by atoms with van der Waals surface area (Å²) in [5.74, 6) is -0.0100. The van der Waals surface area contributed by atoms with E-state index in [0.29, 0.717) is 0 Å². The Hall–Kier alpha value is -1.68. The van der Waals surface area contributed by atoms with Gasteiger partial charge in [-0.15, -0.1) is 0 Å². The van der Waals surface area contributed by atoms with E-state index in [4.69, 9.17) is 0 Å². The number of benzene rings is 1. The van der Waals surface area contributed by atoms with Gasteiger partial charge in [0, 0.05) is 11.6 Å². The molecule has 4 heteroatoms. The Morgan fingerprint density at radius 3 is 2.38 bits per heavy atom. The highest BCUT2D eigenvalue weighted by Gasteiger charge is 2.22. The van der Waals surface area contributed by atoms with Gasteiger partial charge in [-0.3, -0.25) is 14.5 Å². The average molecular weight is 290 g/mol. The highest BCUT2D eigenvalue weighted by Crippen LogP contribution is 2.15. The van der Waals surface area contributed by atoms with Crippen molar-refractivity contribution < 1.29 is 9.59 Å². The molecule has 0 aliphatic heterocycles. The number of amides is 1. The Labute approximate surface area is 127 Å². The molecule has 0 saturated heterocycles. The largest absolute Gasteiger partial charge is 0.353 e. The summed E-state index contributed by atoms with van der Waals surface area (Å²) in [5, 5.41) is 2.84. The molecule has 4 nitrogen and oxygen atoms in total. The Kier molecular flexibility index (Phi) is 6.09. The molecule has 0 spiro atoms. The monoisotopic (exact) mass is 290 g/mol. The molecule has 0 aromatic heterocycles. The van der Waals surface area contributed by atoms with Crippen molar-refractivity contribution in [3.8, 4) is 0 Å². The lowest BCUT2D eigenvalue weighted by Crippen LogP contribution is -2.44. The van der Waals surface area contributed by atoms with E-state index >= 15 is 0 Å². The number of nitrogens with zero attached hydrogens (tertiary/aromatic N) is 1. The highest BCUT2D eigenvalue weighted by atomic mass is 16.2. The molecule has 0 radical (unpaired) electrons. The third-order valence-corrected chi connectivity index (χ3v) is 3.54. The average Bonchev–Trinajstić information content (AvgIpc) is 2.38. The predicted octanol–water partition coefficient (Wildman–Crippen LogP) is 2.33. The normalized spacial score (nSPS) is 12.6. The maximum Gasteiger partial charge on any atom is 0.234 e. The van der Waals surface area contributed by atoms with E-state index in [1.165, 1.54) is 0 Å². The lowest BCUT2D eigenvalue weighted by molar-refractivity contribution is -0.122. The van der Waals surface area contributed by atoms with Gasteiger partial charge in [0.1, 0.15) is 0 Å². The minimum Gasteiger partial charge on any atom is -0.353 e. The fraction of sp³-hybridized carbons (Fsp3) is 0.529. The van der Waals surface area contributed by atoms with Crippen LogP contribution >= 0.6 is 0 Å². The Morgan fingerprint density at radius 2 is 1.81 bits per heavy atom. The van der Waals surface area contributed by atoms with Crippen LogP contribution in [0.15, 0.2) is 18.2 Å². The second-order valence-corrected chi connectivity index (χ2v) is 6.00. The zero-order valence-corrected chi connectivity index (χ0v) is 13.9. The number of nitrogens with one attached hydrogen (secondary N) is 1. The smallest absolute Gasteiger partial charge is 0.234 e. The first-order valence-corrected chi connectivity index (χ1v) is 7.33. The Bertz CT molecular complexity index is 524. The van der Waals surface area contributed by atoms with E-state index in [0.717, 1.165) is 16.7 Å². The fourth-order valence-electron chi connectivity index (χ4n) is 2.16. The van der Waals surface area contributed by atoms with Crippen LogP contribution in [0.3, 0.4) is 0 Å². The molecule has 1 N–H and O–H groups in total. The summed E-state index contributed by atoms with van der Waals surface area (Å²) in [7, 11) is 1.80. The SMILES string of the molecule is Cc1ccc(C)c(C(=O)C(C)N(C)CC(=O)NC(C)C)c1. The maximum absolute atomic E-state index is 12.6. The van der Waals surface area contributed by atoms with E-state index in [1.807, 2.05) is 52.8 Å². The molecule has 1 atom stereocenters. The highest BCUT2D eigenvalue weighted by molar-refractivity contribution is 6.01. The molecular formula is C17H26N2O2. The van der Waals surface area contributed by atoms with Gasteiger partial charge >= 0.3 is 0 Å². The Balaban J connectivity index is 2.77. The van der Waals surface area contributed by atoms with Crippen LogP contribution < -0.4 is 5.32 Å². The van der Waals surface area contributed by atoms with Crippen molar-refractivity contribution in [2.24, 2.45) is 0 Å². The molecule has 116 valence electrons. The van der Waals surface area contributed by atoms with Gasteiger partial charge in [-0.1, -0.05) is 17.7 Å². The fourth-order valence-corrected chi connectivity index (χ4v) is 2.16. The summed E-state index contributed by atoms with van der Waals surface area (Å²) in [6, 6.07) is 5.65. The minimum atomic E-state index is -0.330. The number of ketones is 1. The van der Waals surface area contributed by atoms with E-state index in [1.54, 1.807) is 11.9 Å². The van der Waals surface area contributed by atoms with E-state index in [-0.39, 0.29) is 30.3 Å². The first kappa shape index (κ1) is 17.4. The van der Waals surface area contributed by atoms with Crippen LogP contribution in [0.2, 0.25) is 0 Å². The standard InChI is InChI=1S/C17H26N2O2/c1-11(2)18-16(20)10-19(6)14(5)17(21)15-9-12(3)7-8-13(15)4/h7-9,11,14H,10H2,1-6H3,(H,18,20). The predicted molar refractivity (Wildman–Crippen MR) is 85.6 cm³/mol.